The summed E-state index contributed by atoms with van der Waals surface area (Å²) in [5.74, 6) is -0.831. The van der Waals surface area contributed by atoms with Crippen molar-refractivity contribution >= 4 is 33.0 Å². The first-order chi connectivity index (χ1) is 8.90. The lowest BCUT2D eigenvalue weighted by Gasteiger charge is -2.11. The minimum Gasteiger partial charge on any atom is -0.397 e. The van der Waals surface area contributed by atoms with Gasteiger partial charge in [-0.15, -0.1) is 0 Å². The van der Waals surface area contributed by atoms with Gasteiger partial charge in [0.1, 0.15) is 10.7 Å². The van der Waals surface area contributed by atoms with E-state index < -0.39 is 20.7 Å². The van der Waals surface area contributed by atoms with E-state index in [1.54, 1.807) is 0 Å². The maximum Gasteiger partial charge on any atom is 0.264 e. The van der Waals surface area contributed by atoms with Gasteiger partial charge in [-0.2, -0.15) is 0 Å². The van der Waals surface area contributed by atoms with Crippen molar-refractivity contribution in [3.05, 3.63) is 53.3 Å². The number of nitrogen functional groups attached to an aromatic ring is 1. The Morgan fingerprint density at radius 3 is 2.47 bits per heavy atom. The lowest BCUT2D eigenvalue weighted by molar-refractivity contribution is 0.570. The van der Waals surface area contributed by atoms with Gasteiger partial charge in [0.15, 0.2) is 0 Å². The van der Waals surface area contributed by atoms with Crippen LogP contribution >= 0.6 is 11.6 Å². The van der Waals surface area contributed by atoms with Crippen molar-refractivity contribution in [1.82, 2.24) is 0 Å². The first-order valence-electron chi connectivity index (χ1n) is 5.22. The fourth-order valence-corrected chi connectivity index (χ4v) is 2.84. The normalized spacial score (nSPS) is 11.3. The number of anilines is 2. The number of nitrogens with one attached hydrogen (secondary N) is 1. The monoisotopic (exact) mass is 300 g/mol. The molecule has 0 aliphatic heterocycles. The predicted octanol–water partition coefficient (Wildman–Crippen LogP) is 2.86. The number of hydrogen-bond acceptors (Lipinski definition) is 3. The minimum atomic E-state index is -4.03. The van der Waals surface area contributed by atoms with Crippen molar-refractivity contribution in [2.24, 2.45) is 0 Å². The van der Waals surface area contributed by atoms with Crippen LogP contribution in [0.15, 0.2) is 47.4 Å². The molecule has 0 fully saturated rings. The average Bonchev–Trinajstić information content (AvgIpc) is 2.33. The fourth-order valence-electron chi connectivity index (χ4n) is 1.49. The SMILES string of the molecule is Nc1cc(Cl)ccc1NS(=O)(=O)c1ccccc1F. The molecule has 0 atom stereocenters. The van der Waals surface area contributed by atoms with Crippen LogP contribution < -0.4 is 10.5 Å². The second-order valence-electron chi connectivity index (χ2n) is 3.77. The number of benzene rings is 2. The summed E-state index contributed by atoms with van der Waals surface area (Å²) in [5, 5.41) is 0.381. The van der Waals surface area contributed by atoms with Crippen molar-refractivity contribution in [2.45, 2.75) is 4.90 Å². The molecule has 2 aromatic rings. The van der Waals surface area contributed by atoms with Gasteiger partial charge in [0.05, 0.1) is 11.4 Å². The van der Waals surface area contributed by atoms with Gasteiger partial charge in [0.25, 0.3) is 10.0 Å². The summed E-state index contributed by atoms with van der Waals surface area (Å²) in [6, 6.07) is 9.38. The van der Waals surface area contributed by atoms with Gasteiger partial charge in [-0.3, -0.25) is 4.72 Å². The number of nitrogens with two attached hydrogens (primary N) is 1. The van der Waals surface area contributed by atoms with Crippen LogP contribution in [-0.2, 0) is 10.0 Å². The van der Waals surface area contributed by atoms with Crippen LogP contribution in [0.4, 0.5) is 15.8 Å². The first kappa shape index (κ1) is 13.6. The molecule has 0 bridgehead atoms. The number of sulfonamides is 1. The van der Waals surface area contributed by atoms with E-state index in [4.69, 9.17) is 17.3 Å². The van der Waals surface area contributed by atoms with Gasteiger partial charge in [-0.05, 0) is 30.3 Å². The summed E-state index contributed by atoms with van der Waals surface area (Å²) in [7, 11) is -4.03. The third-order valence-corrected chi connectivity index (χ3v) is 4.02. The zero-order valence-corrected chi connectivity index (χ0v) is 11.2. The van der Waals surface area contributed by atoms with E-state index in [9.17, 15) is 12.8 Å². The summed E-state index contributed by atoms with van der Waals surface area (Å²) < 4.78 is 39.7. The molecule has 0 saturated heterocycles. The van der Waals surface area contributed by atoms with E-state index in [1.807, 2.05) is 0 Å². The lowest BCUT2D eigenvalue weighted by Crippen LogP contribution is -2.15. The maximum atomic E-state index is 13.5. The third kappa shape index (κ3) is 2.97. The molecule has 0 aliphatic rings. The Balaban J connectivity index is 2.40. The summed E-state index contributed by atoms with van der Waals surface area (Å²) in [6.07, 6.45) is 0. The van der Waals surface area contributed by atoms with Crippen LogP contribution in [0.25, 0.3) is 0 Å². The van der Waals surface area contributed by atoms with Gasteiger partial charge < -0.3 is 5.73 Å². The van der Waals surface area contributed by atoms with Crippen LogP contribution in [0.5, 0.6) is 0 Å². The molecule has 2 rings (SSSR count). The Labute approximate surface area is 115 Å². The Morgan fingerprint density at radius 1 is 1.16 bits per heavy atom. The molecule has 0 aliphatic carbocycles. The highest BCUT2D eigenvalue weighted by Gasteiger charge is 2.19. The molecule has 4 nitrogen and oxygen atoms in total. The summed E-state index contributed by atoms with van der Waals surface area (Å²) >= 11 is 5.71. The van der Waals surface area contributed by atoms with Crippen molar-refractivity contribution < 1.29 is 12.8 Å². The van der Waals surface area contributed by atoms with Crippen LogP contribution in [0.1, 0.15) is 0 Å². The lowest BCUT2D eigenvalue weighted by atomic mass is 10.3. The fraction of sp³-hybridized carbons (Fsp3) is 0. The van der Waals surface area contributed by atoms with Crippen LogP contribution in [0.3, 0.4) is 0 Å². The standard InChI is InChI=1S/C12H10ClFN2O2S/c13-8-5-6-11(10(15)7-8)16-19(17,18)12-4-2-1-3-9(12)14/h1-7,16H,15H2. The predicted molar refractivity (Wildman–Crippen MR) is 73.1 cm³/mol. The molecule has 19 heavy (non-hydrogen) atoms. The van der Waals surface area contributed by atoms with Gasteiger partial charge in [0, 0.05) is 5.02 Å². The van der Waals surface area contributed by atoms with E-state index in [-0.39, 0.29) is 11.4 Å². The minimum absolute atomic E-state index is 0.146. The van der Waals surface area contributed by atoms with Crippen molar-refractivity contribution in [3.8, 4) is 0 Å². The Morgan fingerprint density at radius 2 is 1.84 bits per heavy atom. The maximum absolute atomic E-state index is 13.5. The zero-order chi connectivity index (χ0) is 14.0. The second-order valence-corrected chi connectivity index (χ2v) is 5.85. The zero-order valence-electron chi connectivity index (χ0n) is 9.60. The smallest absolute Gasteiger partial charge is 0.264 e. The van der Waals surface area contributed by atoms with Crippen LogP contribution in [0, 0.1) is 5.82 Å². The molecule has 0 unspecified atom stereocenters. The molecule has 0 amide bonds. The molecule has 0 heterocycles. The molecule has 2 aromatic carbocycles. The third-order valence-electron chi connectivity index (χ3n) is 2.38. The number of hydrogen-bond donors (Lipinski definition) is 2. The van der Waals surface area contributed by atoms with Crippen LogP contribution in [-0.4, -0.2) is 8.42 Å². The molecular weight excluding hydrogens is 291 g/mol. The Kier molecular flexibility index (Phi) is 3.64. The van der Waals surface area contributed by atoms with E-state index in [0.717, 1.165) is 6.07 Å². The highest BCUT2D eigenvalue weighted by atomic mass is 35.5. The highest BCUT2D eigenvalue weighted by Crippen LogP contribution is 2.26. The second kappa shape index (κ2) is 5.07. The summed E-state index contributed by atoms with van der Waals surface area (Å²) in [4.78, 5) is -0.440. The average molecular weight is 301 g/mol. The van der Waals surface area contributed by atoms with Gasteiger partial charge >= 0.3 is 0 Å². The molecule has 0 saturated carbocycles. The molecule has 3 N–H and O–H groups in total. The Bertz CT molecular complexity index is 719. The molecule has 7 heteroatoms. The number of rotatable bonds is 3. The Hall–Kier alpha value is -1.79. The number of halogens is 2. The largest absolute Gasteiger partial charge is 0.397 e. The van der Waals surface area contributed by atoms with Crippen molar-refractivity contribution in [1.29, 1.82) is 0 Å². The molecule has 0 spiro atoms. The highest BCUT2D eigenvalue weighted by molar-refractivity contribution is 7.92. The van der Waals surface area contributed by atoms with E-state index in [0.29, 0.717) is 5.02 Å². The van der Waals surface area contributed by atoms with Gasteiger partial charge in [-0.1, -0.05) is 23.7 Å². The molecular formula is C12H10ClFN2O2S. The van der Waals surface area contributed by atoms with Gasteiger partial charge in [0.2, 0.25) is 0 Å². The van der Waals surface area contributed by atoms with Crippen molar-refractivity contribution in [2.75, 3.05) is 10.5 Å². The summed E-state index contributed by atoms with van der Waals surface area (Å²) in [5.41, 5.74) is 5.95. The molecule has 0 aromatic heterocycles. The van der Waals surface area contributed by atoms with E-state index in [1.165, 1.54) is 36.4 Å². The summed E-state index contributed by atoms with van der Waals surface area (Å²) in [6.45, 7) is 0. The van der Waals surface area contributed by atoms with Gasteiger partial charge in [-0.25, -0.2) is 12.8 Å². The quantitative estimate of drug-likeness (QED) is 0.856. The first-order valence-corrected chi connectivity index (χ1v) is 7.08. The topological polar surface area (TPSA) is 72.2 Å². The molecule has 0 radical (unpaired) electrons. The van der Waals surface area contributed by atoms with Crippen LogP contribution in [0.2, 0.25) is 5.02 Å². The molecule has 100 valence electrons. The van der Waals surface area contributed by atoms with E-state index in [2.05, 4.69) is 4.72 Å². The van der Waals surface area contributed by atoms with Crippen molar-refractivity contribution in [3.63, 3.8) is 0 Å². The van der Waals surface area contributed by atoms with E-state index >= 15 is 0 Å².